The molecule has 0 bridgehead atoms. The van der Waals surface area contributed by atoms with E-state index in [0.29, 0.717) is 18.6 Å². The van der Waals surface area contributed by atoms with E-state index in [1.54, 1.807) is 0 Å². The molecule has 4 heteroatoms. The minimum Gasteiger partial charge on any atom is -0.444 e. The monoisotopic (exact) mass is 312 g/mol. The van der Waals surface area contributed by atoms with E-state index in [2.05, 4.69) is 31.4 Å². The Morgan fingerprint density at radius 3 is 2.50 bits per heavy atom. The molecule has 0 aromatic heterocycles. The van der Waals surface area contributed by atoms with Gasteiger partial charge in [-0.05, 0) is 51.9 Å². The molecule has 0 aliphatic heterocycles. The number of amides is 1. The average Bonchev–Trinajstić information content (AvgIpc) is 2.41. The largest absolute Gasteiger partial charge is 0.444 e. The second-order valence-electron chi connectivity index (χ2n) is 8.02. The number of carbonyl (C=O) groups excluding carboxylic acids is 1. The summed E-state index contributed by atoms with van der Waals surface area (Å²) >= 11 is 0. The SMILES string of the molecule is CCC(CNC(=O)OC(C)(C)C)NC1CCCC(C(C)C)C1. The van der Waals surface area contributed by atoms with Gasteiger partial charge in [-0.3, -0.25) is 0 Å². The average molecular weight is 312 g/mol. The van der Waals surface area contributed by atoms with E-state index >= 15 is 0 Å². The molecule has 1 amide bonds. The van der Waals surface area contributed by atoms with Crippen LogP contribution in [0.25, 0.3) is 0 Å². The standard InChI is InChI=1S/C18H36N2O2/c1-7-15(12-19-17(21)22-18(4,5)6)20-16-10-8-9-14(11-16)13(2)3/h13-16,20H,7-12H2,1-6H3,(H,19,21). The van der Waals surface area contributed by atoms with Crippen LogP contribution in [-0.2, 0) is 4.74 Å². The molecule has 0 radical (unpaired) electrons. The molecule has 1 rings (SSSR count). The molecule has 3 unspecified atom stereocenters. The van der Waals surface area contributed by atoms with Crippen molar-refractivity contribution in [2.45, 2.75) is 91.3 Å². The highest BCUT2D eigenvalue weighted by atomic mass is 16.6. The van der Waals surface area contributed by atoms with Crippen molar-refractivity contribution in [1.82, 2.24) is 10.6 Å². The van der Waals surface area contributed by atoms with Crippen molar-refractivity contribution in [3.63, 3.8) is 0 Å². The molecule has 22 heavy (non-hydrogen) atoms. The van der Waals surface area contributed by atoms with Crippen molar-refractivity contribution < 1.29 is 9.53 Å². The topological polar surface area (TPSA) is 50.4 Å². The van der Waals surface area contributed by atoms with Crippen molar-refractivity contribution in [2.75, 3.05) is 6.54 Å². The first-order chi connectivity index (χ1) is 10.2. The van der Waals surface area contributed by atoms with Crippen molar-refractivity contribution in [2.24, 2.45) is 11.8 Å². The smallest absolute Gasteiger partial charge is 0.407 e. The second-order valence-corrected chi connectivity index (χ2v) is 8.02. The van der Waals surface area contributed by atoms with Gasteiger partial charge in [-0.15, -0.1) is 0 Å². The third-order valence-corrected chi connectivity index (χ3v) is 4.51. The van der Waals surface area contributed by atoms with Crippen LogP contribution in [0, 0.1) is 11.8 Å². The summed E-state index contributed by atoms with van der Waals surface area (Å²) in [5.41, 5.74) is -0.437. The molecule has 0 aromatic carbocycles. The molecule has 1 fully saturated rings. The minimum absolute atomic E-state index is 0.323. The summed E-state index contributed by atoms with van der Waals surface area (Å²) in [5, 5.41) is 6.63. The van der Waals surface area contributed by atoms with Crippen LogP contribution in [0.5, 0.6) is 0 Å². The van der Waals surface area contributed by atoms with Gasteiger partial charge in [0.05, 0.1) is 0 Å². The predicted octanol–water partition coefficient (Wildman–Crippen LogP) is 4.09. The van der Waals surface area contributed by atoms with Crippen molar-refractivity contribution in [3.05, 3.63) is 0 Å². The van der Waals surface area contributed by atoms with Crippen LogP contribution < -0.4 is 10.6 Å². The van der Waals surface area contributed by atoms with Gasteiger partial charge in [0.15, 0.2) is 0 Å². The van der Waals surface area contributed by atoms with Gasteiger partial charge >= 0.3 is 6.09 Å². The quantitative estimate of drug-likeness (QED) is 0.776. The molecule has 0 spiro atoms. The van der Waals surface area contributed by atoms with E-state index < -0.39 is 5.60 Å². The van der Waals surface area contributed by atoms with Crippen LogP contribution in [0.3, 0.4) is 0 Å². The van der Waals surface area contributed by atoms with Crippen LogP contribution in [-0.4, -0.2) is 30.3 Å². The van der Waals surface area contributed by atoms with Gasteiger partial charge in [0.2, 0.25) is 0 Å². The molecule has 0 aromatic rings. The Morgan fingerprint density at radius 2 is 1.95 bits per heavy atom. The van der Waals surface area contributed by atoms with E-state index in [9.17, 15) is 4.79 Å². The molecule has 0 heterocycles. The third-order valence-electron chi connectivity index (χ3n) is 4.51. The van der Waals surface area contributed by atoms with Crippen LogP contribution in [0.2, 0.25) is 0 Å². The van der Waals surface area contributed by atoms with Gasteiger partial charge in [-0.25, -0.2) is 4.79 Å². The number of hydrogen-bond donors (Lipinski definition) is 2. The number of hydrogen-bond acceptors (Lipinski definition) is 3. The Bertz CT molecular complexity index is 336. The van der Waals surface area contributed by atoms with Gasteiger partial charge in [0.25, 0.3) is 0 Å². The number of ether oxygens (including phenoxy) is 1. The second kappa shape index (κ2) is 8.76. The summed E-state index contributed by atoms with van der Waals surface area (Å²) in [7, 11) is 0. The van der Waals surface area contributed by atoms with Crippen LogP contribution >= 0.6 is 0 Å². The molecule has 1 aliphatic carbocycles. The maximum atomic E-state index is 11.8. The zero-order chi connectivity index (χ0) is 16.8. The van der Waals surface area contributed by atoms with E-state index in [-0.39, 0.29) is 6.09 Å². The fraction of sp³-hybridized carbons (Fsp3) is 0.944. The van der Waals surface area contributed by atoms with Crippen LogP contribution in [0.15, 0.2) is 0 Å². The number of carbonyl (C=O) groups is 1. The van der Waals surface area contributed by atoms with Crippen molar-refractivity contribution in [3.8, 4) is 0 Å². The maximum absolute atomic E-state index is 11.8. The highest BCUT2D eigenvalue weighted by Crippen LogP contribution is 2.30. The van der Waals surface area contributed by atoms with Crippen molar-refractivity contribution >= 4 is 6.09 Å². The first kappa shape index (κ1) is 19.3. The summed E-state index contributed by atoms with van der Waals surface area (Å²) in [6.07, 6.45) is 5.89. The zero-order valence-corrected chi connectivity index (χ0v) is 15.4. The fourth-order valence-corrected chi connectivity index (χ4v) is 3.16. The lowest BCUT2D eigenvalue weighted by atomic mass is 9.79. The fourth-order valence-electron chi connectivity index (χ4n) is 3.16. The lowest BCUT2D eigenvalue weighted by Crippen LogP contribution is -2.47. The lowest BCUT2D eigenvalue weighted by molar-refractivity contribution is 0.0520. The lowest BCUT2D eigenvalue weighted by Gasteiger charge is -2.34. The maximum Gasteiger partial charge on any atom is 0.407 e. The highest BCUT2D eigenvalue weighted by molar-refractivity contribution is 5.67. The molecule has 1 aliphatic rings. The Kier molecular flexibility index (Phi) is 7.67. The molecule has 130 valence electrons. The summed E-state index contributed by atoms with van der Waals surface area (Å²) in [4.78, 5) is 11.8. The summed E-state index contributed by atoms with van der Waals surface area (Å²) in [6.45, 7) is 13.1. The van der Waals surface area contributed by atoms with E-state index in [0.717, 1.165) is 18.3 Å². The molecule has 0 saturated heterocycles. The van der Waals surface area contributed by atoms with Gasteiger partial charge < -0.3 is 15.4 Å². The Balaban J connectivity index is 2.37. The third kappa shape index (κ3) is 7.48. The van der Waals surface area contributed by atoms with Gasteiger partial charge in [-0.2, -0.15) is 0 Å². The Morgan fingerprint density at radius 1 is 1.27 bits per heavy atom. The van der Waals surface area contributed by atoms with Gasteiger partial charge in [0, 0.05) is 18.6 Å². The predicted molar refractivity (Wildman–Crippen MR) is 92.0 cm³/mol. The molecular weight excluding hydrogens is 276 g/mol. The zero-order valence-electron chi connectivity index (χ0n) is 15.4. The van der Waals surface area contributed by atoms with E-state index in [4.69, 9.17) is 4.74 Å². The summed E-state index contributed by atoms with van der Waals surface area (Å²) in [5.74, 6) is 1.60. The first-order valence-corrected chi connectivity index (χ1v) is 8.94. The van der Waals surface area contributed by atoms with Gasteiger partial charge in [0.1, 0.15) is 5.60 Å². The molecule has 3 atom stereocenters. The van der Waals surface area contributed by atoms with Crippen molar-refractivity contribution in [1.29, 1.82) is 0 Å². The van der Waals surface area contributed by atoms with Crippen LogP contribution in [0.1, 0.15) is 73.6 Å². The Hall–Kier alpha value is -0.770. The normalized spacial score (nSPS) is 24.1. The van der Waals surface area contributed by atoms with Gasteiger partial charge in [-0.1, -0.05) is 33.6 Å². The Labute approximate surface area is 136 Å². The number of rotatable bonds is 6. The summed E-state index contributed by atoms with van der Waals surface area (Å²) in [6, 6.07) is 0.912. The molecule has 2 N–H and O–H groups in total. The van der Waals surface area contributed by atoms with E-state index in [1.807, 2.05) is 20.8 Å². The molecular formula is C18H36N2O2. The highest BCUT2D eigenvalue weighted by Gasteiger charge is 2.25. The molecule has 1 saturated carbocycles. The summed E-state index contributed by atoms with van der Waals surface area (Å²) < 4.78 is 5.29. The van der Waals surface area contributed by atoms with E-state index in [1.165, 1.54) is 25.7 Å². The van der Waals surface area contributed by atoms with Crippen LogP contribution in [0.4, 0.5) is 4.79 Å². The molecule has 4 nitrogen and oxygen atoms in total. The first-order valence-electron chi connectivity index (χ1n) is 8.94. The minimum atomic E-state index is -0.437. The number of alkyl carbamates (subject to hydrolysis) is 1. The number of nitrogens with one attached hydrogen (secondary N) is 2.